The first-order chi connectivity index (χ1) is 17.9. The van der Waals surface area contributed by atoms with E-state index in [1.54, 1.807) is 24.3 Å². The van der Waals surface area contributed by atoms with E-state index in [-0.39, 0.29) is 11.7 Å². The van der Waals surface area contributed by atoms with Gasteiger partial charge in [0.1, 0.15) is 30.5 Å². The van der Waals surface area contributed by atoms with Crippen molar-refractivity contribution in [3.05, 3.63) is 90.0 Å². The van der Waals surface area contributed by atoms with Gasteiger partial charge in [-0.15, -0.1) is 0 Å². The normalized spacial score (nSPS) is 11.1. The van der Waals surface area contributed by atoms with Crippen molar-refractivity contribution in [2.24, 2.45) is 0 Å². The van der Waals surface area contributed by atoms with Crippen molar-refractivity contribution in [3.63, 3.8) is 0 Å². The predicted octanol–water partition coefficient (Wildman–Crippen LogP) is 4.37. The quantitative estimate of drug-likeness (QED) is 0.196. The molecule has 0 aliphatic heterocycles. The number of amides is 2. The number of benzene rings is 3. The number of carbonyl (C=O) groups excluding carboxylic acids is 2. The van der Waals surface area contributed by atoms with E-state index in [1.807, 2.05) is 54.6 Å². The van der Waals surface area contributed by atoms with Gasteiger partial charge in [-0.25, -0.2) is 0 Å². The van der Waals surface area contributed by atoms with Crippen LogP contribution in [0.5, 0.6) is 17.2 Å². The number of hydrogen-bond donors (Lipinski definition) is 3. The highest BCUT2D eigenvalue weighted by Crippen LogP contribution is 2.21. The van der Waals surface area contributed by atoms with E-state index in [0.29, 0.717) is 36.2 Å². The Morgan fingerprint density at radius 1 is 0.784 bits per heavy atom. The number of ether oxygens (including phenoxy) is 3. The van der Waals surface area contributed by atoms with Crippen molar-refractivity contribution in [3.8, 4) is 17.2 Å². The van der Waals surface area contributed by atoms with Gasteiger partial charge in [-0.05, 0) is 78.7 Å². The third kappa shape index (κ3) is 9.46. The van der Waals surface area contributed by atoms with E-state index in [0.717, 1.165) is 12.2 Å². The molecule has 0 spiro atoms. The van der Waals surface area contributed by atoms with E-state index in [1.165, 1.54) is 5.56 Å². The van der Waals surface area contributed by atoms with Gasteiger partial charge < -0.3 is 14.2 Å². The number of carbonyl (C=O) groups is 2. The monoisotopic (exact) mass is 521 g/mol. The minimum atomic E-state index is -0.444. The van der Waals surface area contributed by atoms with Gasteiger partial charge in [-0.1, -0.05) is 44.2 Å². The third-order valence-corrected chi connectivity index (χ3v) is 5.66. The Labute approximate surface area is 222 Å². The van der Waals surface area contributed by atoms with Crippen molar-refractivity contribution in [1.29, 1.82) is 0 Å². The predicted molar refractivity (Wildman–Crippen MR) is 146 cm³/mol. The lowest BCUT2D eigenvalue weighted by Crippen LogP contribution is -2.49. The number of rotatable bonds is 11. The summed E-state index contributed by atoms with van der Waals surface area (Å²) in [7, 11) is 0. The van der Waals surface area contributed by atoms with Gasteiger partial charge in [-0.3, -0.25) is 25.8 Å². The Bertz CT molecular complexity index is 1150. The summed E-state index contributed by atoms with van der Waals surface area (Å²) in [6, 6.07) is 23.7. The standard InChI is InChI=1S/C28H31N3O5S/c1-3-20(2)21-9-13-25(14-10-21)36-19-26(32)30-31-28(37)29-27(33)22-11-15-24(16-12-22)35-18-17-34-23-7-5-4-6-8-23/h4-16,20H,3,17-19H2,1-2H3,(H,30,32)(H2,29,31,33,37). The molecule has 9 heteroatoms. The fraction of sp³-hybridized carbons (Fsp3) is 0.250. The Morgan fingerprint density at radius 2 is 1.35 bits per heavy atom. The highest BCUT2D eigenvalue weighted by molar-refractivity contribution is 7.80. The minimum absolute atomic E-state index is 0.0466. The number of hydrazine groups is 1. The van der Waals surface area contributed by atoms with Crippen LogP contribution in [-0.2, 0) is 4.79 Å². The number of thiocarbonyl (C=S) groups is 1. The second kappa shape index (κ2) is 14.4. The maximum absolute atomic E-state index is 12.4. The second-order valence-electron chi connectivity index (χ2n) is 8.16. The van der Waals surface area contributed by atoms with Crippen LogP contribution in [0.3, 0.4) is 0 Å². The maximum Gasteiger partial charge on any atom is 0.276 e. The molecule has 3 N–H and O–H groups in total. The smallest absolute Gasteiger partial charge is 0.276 e. The van der Waals surface area contributed by atoms with E-state index in [2.05, 4.69) is 30.0 Å². The number of hydrogen-bond acceptors (Lipinski definition) is 6. The number of para-hydroxylation sites is 1. The molecule has 194 valence electrons. The molecule has 3 aromatic rings. The van der Waals surface area contributed by atoms with Crippen LogP contribution in [0.15, 0.2) is 78.9 Å². The third-order valence-electron chi connectivity index (χ3n) is 5.45. The lowest BCUT2D eigenvalue weighted by Gasteiger charge is -2.13. The van der Waals surface area contributed by atoms with Crippen molar-refractivity contribution in [1.82, 2.24) is 16.2 Å². The SMILES string of the molecule is CCC(C)c1ccc(OCC(=O)NNC(=S)NC(=O)c2ccc(OCCOc3ccccc3)cc2)cc1. The molecule has 1 atom stereocenters. The maximum atomic E-state index is 12.4. The van der Waals surface area contributed by atoms with Crippen LogP contribution in [-0.4, -0.2) is 36.7 Å². The van der Waals surface area contributed by atoms with Gasteiger partial charge in [0.15, 0.2) is 11.7 Å². The van der Waals surface area contributed by atoms with Crippen molar-refractivity contribution < 1.29 is 23.8 Å². The fourth-order valence-corrected chi connectivity index (χ4v) is 3.33. The molecule has 37 heavy (non-hydrogen) atoms. The van der Waals surface area contributed by atoms with Crippen LogP contribution in [0.25, 0.3) is 0 Å². The Balaban J connectivity index is 1.33. The lowest BCUT2D eigenvalue weighted by atomic mass is 9.99. The van der Waals surface area contributed by atoms with Crippen LogP contribution in [0, 0.1) is 0 Å². The van der Waals surface area contributed by atoms with E-state index in [4.69, 9.17) is 26.4 Å². The highest BCUT2D eigenvalue weighted by atomic mass is 32.1. The van der Waals surface area contributed by atoms with Crippen molar-refractivity contribution in [2.75, 3.05) is 19.8 Å². The topological polar surface area (TPSA) is 97.9 Å². The Morgan fingerprint density at radius 3 is 1.97 bits per heavy atom. The summed E-state index contributed by atoms with van der Waals surface area (Å²) in [4.78, 5) is 24.4. The van der Waals surface area contributed by atoms with Crippen LogP contribution < -0.4 is 30.4 Å². The van der Waals surface area contributed by atoms with Crippen LogP contribution >= 0.6 is 12.2 Å². The van der Waals surface area contributed by atoms with Gasteiger partial charge in [0, 0.05) is 5.56 Å². The summed E-state index contributed by atoms with van der Waals surface area (Å²) >= 11 is 5.08. The molecular formula is C28H31N3O5S. The Kier molecular flexibility index (Phi) is 10.7. The molecule has 0 fully saturated rings. The van der Waals surface area contributed by atoms with Crippen LogP contribution in [0.4, 0.5) is 0 Å². The molecular weight excluding hydrogens is 490 g/mol. The van der Waals surface area contributed by atoms with Gasteiger partial charge in [-0.2, -0.15) is 0 Å². The average molecular weight is 522 g/mol. The lowest BCUT2D eigenvalue weighted by molar-refractivity contribution is -0.123. The molecule has 2 amide bonds. The zero-order valence-electron chi connectivity index (χ0n) is 20.9. The van der Waals surface area contributed by atoms with E-state index < -0.39 is 11.8 Å². The van der Waals surface area contributed by atoms with E-state index >= 15 is 0 Å². The molecule has 1 unspecified atom stereocenters. The first kappa shape index (κ1) is 27.5. The summed E-state index contributed by atoms with van der Waals surface area (Å²) < 4.78 is 16.7. The molecule has 3 aromatic carbocycles. The molecule has 0 bridgehead atoms. The zero-order valence-corrected chi connectivity index (χ0v) is 21.7. The first-order valence-corrected chi connectivity index (χ1v) is 12.4. The largest absolute Gasteiger partial charge is 0.490 e. The second-order valence-corrected chi connectivity index (χ2v) is 8.57. The summed E-state index contributed by atoms with van der Waals surface area (Å²) in [5, 5.41) is 2.46. The highest BCUT2D eigenvalue weighted by Gasteiger charge is 2.10. The van der Waals surface area contributed by atoms with Gasteiger partial charge in [0.25, 0.3) is 11.8 Å². The summed E-state index contributed by atoms with van der Waals surface area (Å²) in [6.07, 6.45) is 1.05. The summed E-state index contributed by atoms with van der Waals surface area (Å²) in [6.45, 7) is 4.85. The molecule has 3 rings (SSSR count). The molecule has 8 nitrogen and oxygen atoms in total. The molecule has 0 aliphatic rings. The van der Waals surface area contributed by atoms with Gasteiger partial charge in [0.2, 0.25) is 0 Å². The molecule has 0 radical (unpaired) electrons. The first-order valence-electron chi connectivity index (χ1n) is 12.0. The number of nitrogens with one attached hydrogen (secondary N) is 3. The Hall–Kier alpha value is -4.11. The summed E-state index contributed by atoms with van der Waals surface area (Å²) in [5.74, 6) is 1.57. The van der Waals surface area contributed by atoms with Crippen LogP contribution in [0.2, 0.25) is 0 Å². The molecule has 0 heterocycles. The van der Waals surface area contributed by atoms with Crippen LogP contribution in [0.1, 0.15) is 42.1 Å². The van der Waals surface area contributed by atoms with Gasteiger partial charge in [0.05, 0.1) is 0 Å². The van der Waals surface area contributed by atoms with Crippen molar-refractivity contribution in [2.45, 2.75) is 26.2 Å². The van der Waals surface area contributed by atoms with Crippen molar-refractivity contribution >= 4 is 29.1 Å². The van der Waals surface area contributed by atoms with E-state index in [9.17, 15) is 9.59 Å². The fourth-order valence-electron chi connectivity index (χ4n) is 3.18. The van der Waals surface area contributed by atoms with Gasteiger partial charge >= 0.3 is 0 Å². The average Bonchev–Trinajstić information content (AvgIpc) is 2.93. The zero-order chi connectivity index (χ0) is 26.5. The molecule has 0 saturated carbocycles. The molecule has 0 aromatic heterocycles. The minimum Gasteiger partial charge on any atom is -0.490 e. The summed E-state index contributed by atoms with van der Waals surface area (Å²) in [5.41, 5.74) is 6.49. The molecule has 0 aliphatic carbocycles. The molecule has 0 saturated heterocycles.